The molecule has 1 spiro atoms. The molecule has 168 valence electrons. The van der Waals surface area contributed by atoms with Gasteiger partial charge in [0.1, 0.15) is 6.10 Å². The summed E-state index contributed by atoms with van der Waals surface area (Å²) in [5.74, 6) is 0.309. The molecule has 1 heterocycles. The van der Waals surface area contributed by atoms with E-state index in [2.05, 4.69) is 6.92 Å². The second-order valence-corrected chi connectivity index (χ2v) is 10.9. The molecule has 1 saturated heterocycles. The quantitative estimate of drug-likeness (QED) is 0.705. The molecule has 0 radical (unpaired) electrons. The minimum atomic E-state index is -0.830. The standard InChI is InChI=1S/C24H36O6/c1-4-28-20(26)17-5-6-18-21(17,3)9-8-19-22-10-7-16(30-15(2)25)13-23(22,27)11-12-24(18,19)29-14-22/h16-19,27H,4-14H2,1-3H3/t16-,17+,18+,19+,21+,22-,23-,24+/m0/s1. The average molecular weight is 421 g/mol. The third kappa shape index (κ3) is 2.49. The van der Waals surface area contributed by atoms with Crippen molar-refractivity contribution in [1.82, 2.24) is 0 Å². The van der Waals surface area contributed by atoms with Gasteiger partial charge in [0.15, 0.2) is 0 Å². The Bertz CT molecular complexity index is 752. The van der Waals surface area contributed by atoms with Crippen molar-refractivity contribution in [1.29, 1.82) is 0 Å². The fraction of sp³-hybridized carbons (Fsp3) is 0.917. The van der Waals surface area contributed by atoms with Crippen molar-refractivity contribution < 1.29 is 28.9 Å². The van der Waals surface area contributed by atoms with Crippen LogP contribution in [0.2, 0.25) is 0 Å². The lowest BCUT2D eigenvalue weighted by Gasteiger charge is -2.63. The molecule has 0 aromatic heterocycles. The van der Waals surface area contributed by atoms with Crippen LogP contribution in [-0.2, 0) is 23.8 Å². The number of hydrogen-bond donors (Lipinski definition) is 1. The van der Waals surface area contributed by atoms with Crippen LogP contribution in [0, 0.1) is 28.6 Å². The summed E-state index contributed by atoms with van der Waals surface area (Å²) in [4.78, 5) is 24.2. The summed E-state index contributed by atoms with van der Waals surface area (Å²) in [5.41, 5.74) is -1.39. The molecule has 0 amide bonds. The second-order valence-electron chi connectivity index (χ2n) is 10.9. The minimum Gasteiger partial charge on any atom is -0.466 e. The molecule has 6 heteroatoms. The highest BCUT2D eigenvalue weighted by Gasteiger charge is 2.76. The van der Waals surface area contributed by atoms with Crippen molar-refractivity contribution in [3.63, 3.8) is 0 Å². The molecule has 4 aliphatic carbocycles. The van der Waals surface area contributed by atoms with E-state index in [4.69, 9.17) is 14.2 Å². The van der Waals surface area contributed by atoms with Crippen LogP contribution in [0.25, 0.3) is 0 Å². The van der Waals surface area contributed by atoms with E-state index in [1.807, 2.05) is 6.92 Å². The van der Waals surface area contributed by atoms with Crippen LogP contribution < -0.4 is 0 Å². The Kier molecular flexibility index (Phi) is 4.62. The number of hydrogen-bond acceptors (Lipinski definition) is 6. The lowest BCUT2D eigenvalue weighted by molar-refractivity contribution is -0.219. The number of rotatable bonds is 3. The Balaban J connectivity index is 1.44. The van der Waals surface area contributed by atoms with Gasteiger partial charge in [-0.05, 0) is 75.5 Å². The zero-order valence-corrected chi connectivity index (χ0v) is 18.6. The second kappa shape index (κ2) is 6.68. The van der Waals surface area contributed by atoms with E-state index >= 15 is 0 Å². The van der Waals surface area contributed by atoms with Crippen molar-refractivity contribution in [2.75, 3.05) is 13.2 Å². The molecule has 4 saturated carbocycles. The molecule has 5 aliphatic rings. The van der Waals surface area contributed by atoms with Crippen LogP contribution in [0.4, 0.5) is 0 Å². The molecule has 5 fully saturated rings. The molecule has 0 unspecified atom stereocenters. The molecular formula is C24H36O6. The van der Waals surface area contributed by atoms with Crippen LogP contribution >= 0.6 is 0 Å². The molecule has 5 rings (SSSR count). The maximum atomic E-state index is 12.7. The zero-order valence-electron chi connectivity index (χ0n) is 18.6. The molecule has 0 aromatic rings. The highest BCUT2D eigenvalue weighted by Crippen LogP contribution is 2.74. The van der Waals surface area contributed by atoms with Crippen LogP contribution in [0.5, 0.6) is 0 Å². The van der Waals surface area contributed by atoms with Gasteiger partial charge in [-0.2, -0.15) is 0 Å². The summed E-state index contributed by atoms with van der Waals surface area (Å²) < 4.78 is 17.7. The average Bonchev–Trinajstić information content (AvgIpc) is 3.16. The first kappa shape index (κ1) is 20.7. The minimum absolute atomic E-state index is 0.0423. The van der Waals surface area contributed by atoms with Crippen molar-refractivity contribution in [2.45, 2.75) is 95.9 Å². The third-order valence-corrected chi connectivity index (χ3v) is 9.99. The number of esters is 2. The first-order chi connectivity index (χ1) is 14.2. The fourth-order valence-corrected chi connectivity index (χ4v) is 8.82. The summed E-state index contributed by atoms with van der Waals surface area (Å²) in [5, 5.41) is 11.9. The van der Waals surface area contributed by atoms with Gasteiger partial charge in [0.2, 0.25) is 0 Å². The van der Waals surface area contributed by atoms with E-state index in [0.717, 1.165) is 44.9 Å². The molecule has 8 atom stereocenters. The Morgan fingerprint density at radius 3 is 2.60 bits per heavy atom. The van der Waals surface area contributed by atoms with E-state index in [9.17, 15) is 14.7 Å². The van der Waals surface area contributed by atoms with Crippen molar-refractivity contribution in [2.24, 2.45) is 28.6 Å². The van der Waals surface area contributed by atoms with Gasteiger partial charge >= 0.3 is 11.9 Å². The topological polar surface area (TPSA) is 82.1 Å². The van der Waals surface area contributed by atoms with E-state index in [-0.39, 0.29) is 40.4 Å². The molecule has 30 heavy (non-hydrogen) atoms. The summed E-state index contributed by atoms with van der Waals surface area (Å²) in [7, 11) is 0. The van der Waals surface area contributed by atoms with E-state index in [1.165, 1.54) is 6.92 Å². The Hall–Kier alpha value is -1.14. The van der Waals surface area contributed by atoms with Gasteiger partial charge in [0.25, 0.3) is 0 Å². The summed E-state index contributed by atoms with van der Waals surface area (Å²) in [6, 6.07) is 0. The van der Waals surface area contributed by atoms with Crippen molar-refractivity contribution in [3.05, 3.63) is 0 Å². The number of carbonyl (C=O) groups excluding carboxylic acids is 2. The fourth-order valence-electron chi connectivity index (χ4n) is 8.82. The van der Waals surface area contributed by atoms with E-state index in [1.54, 1.807) is 0 Å². The Morgan fingerprint density at radius 2 is 1.87 bits per heavy atom. The van der Waals surface area contributed by atoms with Crippen LogP contribution in [0.3, 0.4) is 0 Å². The Morgan fingerprint density at radius 1 is 1.07 bits per heavy atom. The zero-order chi connectivity index (χ0) is 21.4. The van der Waals surface area contributed by atoms with Gasteiger partial charge in [-0.3, -0.25) is 9.59 Å². The lowest BCUT2D eigenvalue weighted by atomic mass is 9.42. The van der Waals surface area contributed by atoms with Gasteiger partial charge in [-0.15, -0.1) is 0 Å². The van der Waals surface area contributed by atoms with Gasteiger partial charge < -0.3 is 19.3 Å². The number of ether oxygens (including phenoxy) is 3. The monoisotopic (exact) mass is 420 g/mol. The molecule has 1 aliphatic heterocycles. The number of carbonyl (C=O) groups is 2. The highest BCUT2D eigenvalue weighted by atomic mass is 16.5. The maximum Gasteiger partial charge on any atom is 0.309 e. The molecule has 1 N–H and O–H groups in total. The summed E-state index contributed by atoms with van der Waals surface area (Å²) in [6.07, 6.45) is 7.35. The van der Waals surface area contributed by atoms with Crippen LogP contribution in [0.1, 0.15) is 78.6 Å². The van der Waals surface area contributed by atoms with Gasteiger partial charge in [-0.25, -0.2) is 0 Å². The molecule has 2 bridgehead atoms. The van der Waals surface area contributed by atoms with Crippen molar-refractivity contribution in [3.8, 4) is 0 Å². The Labute approximate surface area is 179 Å². The van der Waals surface area contributed by atoms with E-state index in [0.29, 0.717) is 37.9 Å². The number of fused-ring (bicyclic) bond motifs is 1. The molecular weight excluding hydrogens is 384 g/mol. The van der Waals surface area contributed by atoms with Crippen LogP contribution in [0.15, 0.2) is 0 Å². The SMILES string of the molecule is CCOC(=O)[C@H]1CC[C@@H]2[C@]1(C)CC[C@H]1[C@@]23CC[C@]2(O)C[C@@H](OC(C)=O)CC[C@]12CO3. The third-order valence-electron chi connectivity index (χ3n) is 9.99. The predicted molar refractivity (Wildman–Crippen MR) is 108 cm³/mol. The van der Waals surface area contributed by atoms with E-state index < -0.39 is 5.60 Å². The first-order valence-electron chi connectivity index (χ1n) is 11.9. The van der Waals surface area contributed by atoms with Gasteiger partial charge in [0, 0.05) is 18.8 Å². The lowest BCUT2D eigenvalue weighted by Crippen LogP contribution is -2.66. The summed E-state index contributed by atoms with van der Waals surface area (Å²) >= 11 is 0. The van der Waals surface area contributed by atoms with Gasteiger partial charge in [0.05, 0.1) is 30.3 Å². The largest absolute Gasteiger partial charge is 0.466 e. The molecule has 6 nitrogen and oxygen atoms in total. The predicted octanol–water partition coefficient (Wildman–Crippen LogP) is 3.39. The molecule has 0 aromatic carbocycles. The smallest absolute Gasteiger partial charge is 0.309 e. The first-order valence-corrected chi connectivity index (χ1v) is 11.9. The highest BCUT2D eigenvalue weighted by molar-refractivity contribution is 5.74. The maximum absolute atomic E-state index is 12.7. The number of aliphatic hydroxyl groups is 1. The van der Waals surface area contributed by atoms with Crippen molar-refractivity contribution >= 4 is 11.9 Å². The van der Waals surface area contributed by atoms with Gasteiger partial charge in [-0.1, -0.05) is 6.92 Å². The normalized spacial score (nSPS) is 51.5. The van der Waals surface area contributed by atoms with Crippen LogP contribution in [-0.4, -0.2) is 47.6 Å². The summed E-state index contributed by atoms with van der Waals surface area (Å²) in [6.45, 7) is 6.63.